The van der Waals surface area contributed by atoms with Gasteiger partial charge in [-0.05, 0) is 29.8 Å². The maximum Gasteiger partial charge on any atom is 0.252 e. The summed E-state index contributed by atoms with van der Waals surface area (Å²) >= 11 is 0. The number of para-hydroxylation sites is 1. The largest absolute Gasteiger partial charge is 0.361 e. The number of aromatic nitrogens is 1. The maximum absolute atomic E-state index is 13.2. The van der Waals surface area contributed by atoms with Gasteiger partial charge in [-0.25, -0.2) is 4.39 Å². The molecule has 0 amide bonds. The Balaban J connectivity index is 1.97. The van der Waals surface area contributed by atoms with Crippen molar-refractivity contribution in [3.05, 3.63) is 88.5 Å². The lowest BCUT2D eigenvalue weighted by Crippen LogP contribution is -2.33. The third-order valence-electron chi connectivity index (χ3n) is 3.93. The molecule has 1 aliphatic rings. The summed E-state index contributed by atoms with van der Waals surface area (Å²) in [6, 6.07) is 19.3. The fourth-order valence-corrected chi connectivity index (χ4v) is 2.91. The molecule has 108 valence electrons. The summed E-state index contributed by atoms with van der Waals surface area (Å²) in [7, 11) is 0. The molecule has 0 saturated carbocycles. The Hall–Kier alpha value is -2.88. The van der Waals surface area contributed by atoms with Gasteiger partial charge >= 0.3 is 0 Å². The van der Waals surface area contributed by atoms with E-state index in [1.54, 1.807) is 22.8 Å². The minimum absolute atomic E-state index is 0.0890. The van der Waals surface area contributed by atoms with Crippen LogP contribution in [0.1, 0.15) is 11.7 Å². The zero-order chi connectivity index (χ0) is 15.1. The molecule has 0 spiro atoms. The minimum atomic E-state index is -0.348. The van der Waals surface area contributed by atoms with Crippen LogP contribution in [0.25, 0.3) is 11.3 Å². The Morgan fingerprint density at radius 2 is 1.68 bits per heavy atom. The molecule has 4 rings (SSSR count). The molecule has 0 aliphatic carbocycles. The van der Waals surface area contributed by atoms with Crippen molar-refractivity contribution in [3.63, 3.8) is 0 Å². The fourth-order valence-electron chi connectivity index (χ4n) is 2.91. The molecule has 1 atom stereocenters. The first kappa shape index (κ1) is 12.8. The van der Waals surface area contributed by atoms with Gasteiger partial charge in [0.25, 0.3) is 5.56 Å². The van der Waals surface area contributed by atoms with Crippen molar-refractivity contribution in [2.45, 2.75) is 6.17 Å². The summed E-state index contributed by atoms with van der Waals surface area (Å²) < 4.78 is 14.9. The third kappa shape index (κ3) is 1.92. The number of pyridine rings is 1. The van der Waals surface area contributed by atoms with Crippen LogP contribution >= 0.6 is 0 Å². The van der Waals surface area contributed by atoms with Crippen molar-refractivity contribution < 1.29 is 4.39 Å². The lowest BCUT2D eigenvalue weighted by Gasteiger charge is -2.31. The maximum atomic E-state index is 13.2. The van der Waals surface area contributed by atoms with Gasteiger partial charge in [0.2, 0.25) is 0 Å². The number of nitrogens with zero attached hydrogens (tertiary/aromatic N) is 1. The number of fused-ring (bicyclic) bond motifs is 3. The number of hydrogen-bond acceptors (Lipinski definition) is 2. The van der Waals surface area contributed by atoms with E-state index in [-0.39, 0.29) is 17.5 Å². The number of halogens is 1. The highest BCUT2D eigenvalue weighted by atomic mass is 19.1. The second-order valence-corrected chi connectivity index (χ2v) is 5.26. The highest BCUT2D eigenvalue weighted by molar-refractivity contribution is 5.78. The van der Waals surface area contributed by atoms with Gasteiger partial charge in [0.05, 0.1) is 5.69 Å². The van der Waals surface area contributed by atoms with Crippen LogP contribution in [0.15, 0.2) is 71.5 Å². The van der Waals surface area contributed by atoms with Gasteiger partial charge < -0.3 is 5.32 Å². The van der Waals surface area contributed by atoms with Crippen LogP contribution in [-0.2, 0) is 0 Å². The summed E-state index contributed by atoms with van der Waals surface area (Å²) in [5.74, 6) is -0.291. The van der Waals surface area contributed by atoms with E-state index in [4.69, 9.17) is 0 Å². The molecule has 1 aliphatic heterocycles. The number of anilines is 1. The van der Waals surface area contributed by atoms with Crippen molar-refractivity contribution in [1.29, 1.82) is 0 Å². The molecule has 3 aromatic rings. The molecular weight excluding hydrogens is 279 g/mol. The normalized spacial score (nSPS) is 15.6. The highest BCUT2D eigenvalue weighted by Gasteiger charge is 2.25. The van der Waals surface area contributed by atoms with Crippen LogP contribution in [0.5, 0.6) is 0 Å². The molecule has 1 aromatic heterocycles. The quantitative estimate of drug-likeness (QED) is 0.743. The Labute approximate surface area is 126 Å². The standard InChI is InChI=1S/C18H13FN2O/c19-13-10-8-12(9-11-13)18-20-15-5-2-1-4-14(15)16-6-3-7-17(22)21(16)18/h1-11,18,20H. The van der Waals surface area contributed by atoms with Crippen molar-refractivity contribution in [1.82, 2.24) is 4.57 Å². The van der Waals surface area contributed by atoms with E-state index in [0.29, 0.717) is 0 Å². The van der Waals surface area contributed by atoms with Gasteiger partial charge in [-0.1, -0.05) is 36.4 Å². The predicted molar refractivity (Wildman–Crippen MR) is 84.3 cm³/mol. The van der Waals surface area contributed by atoms with E-state index in [1.165, 1.54) is 18.2 Å². The summed E-state index contributed by atoms with van der Waals surface area (Å²) in [5, 5.41) is 3.37. The molecule has 0 radical (unpaired) electrons. The SMILES string of the molecule is O=c1cccc2n1C(c1ccc(F)cc1)Nc1ccccc1-2. The van der Waals surface area contributed by atoms with Gasteiger partial charge in [-0.3, -0.25) is 9.36 Å². The van der Waals surface area contributed by atoms with Crippen molar-refractivity contribution in [2.24, 2.45) is 0 Å². The number of benzene rings is 2. The summed E-state index contributed by atoms with van der Waals surface area (Å²) in [4.78, 5) is 12.4. The zero-order valence-electron chi connectivity index (χ0n) is 11.7. The topological polar surface area (TPSA) is 34.0 Å². The Morgan fingerprint density at radius 1 is 0.909 bits per heavy atom. The Morgan fingerprint density at radius 3 is 2.50 bits per heavy atom. The fraction of sp³-hybridized carbons (Fsp3) is 0.0556. The van der Waals surface area contributed by atoms with E-state index in [0.717, 1.165) is 22.5 Å². The van der Waals surface area contributed by atoms with Crippen molar-refractivity contribution >= 4 is 5.69 Å². The minimum Gasteiger partial charge on any atom is -0.361 e. The van der Waals surface area contributed by atoms with Crippen LogP contribution in [0.4, 0.5) is 10.1 Å². The summed E-state index contributed by atoms with van der Waals surface area (Å²) in [6.45, 7) is 0. The third-order valence-corrected chi connectivity index (χ3v) is 3.93. The number of rotatable bonds is 1. The van der Waals surface area contributed by atoms with Crippen molar-refractivity contribution in [3.8, 4) is 11.3 Å². The van der Waals surface area contributed by atoms with Crippen LogP contribution in [0, 0.1) is 5.82 Å². The summed E-state index contributed by atoms with van der Waals surface area (Å²) in [5.41, 5.74) is 3.55. The molecule has 0 fully saturated rings. The molecule has 1 unspecified atom stereocenters. The average Bonchev–Trinajstić information content (AvgIpc) is 2.55. The molecule has 22 heavy (non-hydrogen) atoms. The van der Waals surface area contributed by atoms with E-state index in [2.05, 4.69) is 5.32 Å². The van der Waals surface area contributed by atoms with E-state index >= 15 is 0 Å². The lowest BCUT2D eigenvalue weighted by molar-refractivity contribution is 0.610. The number of nitrogens with one attached hydrogen (secondary N) is 1. The zero-order valence-corrected chi connectivity index (χ0v) is 11.7. The molecule has 4 heteroatoms. The Bertz CT molecular complexity index is 899. The number of hydrogen-bond donors (Lipinski definition) is 1. The van der Waals surface area contributed by atoms with Gasteiger partial charge in [0.15, 0.2) is 0 Å². The van der Waals surface area contributed by atoms with E-state index < -0.39 is 0 Å². The molecule has 2 aromatic carbocycles. The molecule has 3 nitrogen and oxygen atoms in total. The van der Waals surface area contributed by atoms with Gasteiger partial charge in [-0.2, -0.15) is 0 Å². The van der Waals surface area contributed by atoms with E-state index in [1.807, 2.05) is 30.3 Å². The van der Waals surface area contributed by atoms with Gasteiger partial charge in [-0.15, -0.1) is 0 Å². The first-order valence-electron chi connectivity index (χ1n) is 7.07. The van der Waals surface area contributed by atoms with Crippen LogP contribution in [0.2, 0.25) is 0 Å². The monoisotopic (exact) mass is 292 g/mol. The smallest absolute Gasteiger partial charge is 0.252 e. The molecule has 1 N–H and O–H groups in total. The van der Waals surface area contributed by atoms with Crippen molar-refractivity contribution in [2.75, 3.05) is 5.32 Å². The first-order valence-corrected chi connectivity index (χ1v) is 7.07. The lowest BCUT2D eigenvalue weighted by atomic mass is 10.0. The average molecular weight is 292 g/mol. The van der Waals surface area contributed by atoms with Crippen LogP contribution < -0.4 is 10.9 Å². The predicted octanol–water partition coefficient (Wildman–Crippen LogP) is 3.63. The van der Waals surface area contributed by atoms with Crippen LogP contribution in [-0.4, -0.2) is 4.57 Å². The first-order chi connectivity index (χ1) is 10.7. The highest BCUT2D eigenvalue weighted by Crippen LogP contribution is 2.36. The molecule has 0 bridgehead atoms. The van der Waals surface area contributed by atoms with E-state index in [9.17, 15) is 9.18 Å². The van der Waals surface area contributed by atoms with Gasteiger partial charge in [0.1, 0.15) is 12.0 Å². The summed E-state index contributed by atoms with van der Waals surface area (Å²) in [6.07, 6.45) is -0.348. The molecule has 0 saturated heterocycles. The van der Waals surface area contributed by atoms with Gasteiger partial charge in [0, 0.05) is 17.3 Å². The molecular formula is C18H13FN2O. The molecule has 2 heterocycles. The van der Waals surface area contributed by atoms with Crippen LogP contribution in [0.3, 0.4) is 0 Å². The second kappa shape index (κ2) is 4.84. The second-order valence-electron chi connectivity index (χ2n) is 5.26. The Kier molecular flexibility index (Phi) is 2.82.